The molecule has 0 fully saturated rings. The van der Waals surface area contributed by atoms with Crippen molar-refractivity contribution in [3.05, 3.63) is 0 Å². The van der Waals surface area contributed by atoms with Gasteiger partial charge in [0.25, 0.3) is 0 Å². The molecule has 0 aliphatic carbocycles. The lowest BCUT2D eigenvalue weighted by Crippen LogP contribution is -2.37. The molecule has 0 aliphatic heterocycles. The predicted octanol–water partition coefficient (Wildman–Crippen LogP) is -0.179. The Kier molecular flexibility index (Phi) is 7.09. The number of aliphatic hydroxyl groups is 3. The second-order valence-electron chi connectivity index (χ2n) is 4.10. The van der Waals surface area contributed by atoms with Gasteiger partial charge in [-0.25, -0.2) is 0 Å². The van der Waals surface area contributed by atoms with E-state index < -0.39 is 12.2 Å². The molecular weight excluding hydrogens is 182 g/mol. The SMILES string of the molecule is CC(O)CCN(CC(C)O)CC(C)O. The molecule has 0 aliphatic rings. The van der Waals surface area contributed by atoms with Crippen molar-refractivity contribution in [1.82, 2.24) is 4.90 Å². The fourth-order valence-electron chi connectivity index (χ4n) is 1.37. The highest BCUT2D eigenvalue weighted by atomic mass is 16.3. The fraction of sp³-hybridized carbons (Fsp3) is 1.00. The molecular formula is C10H23NO3. The minimum Gasteiger partial charge on any atom is -0.393 e. The van der Waals surface area contributed by atoms with E-state index in [-0.39, 0.29) is 6.10 Å². The van der Waals surface area contributed by atoms with E-state index in [1.807, 2.05) is 4.90 Å². The van der Waals surface area contributed by atoms with Crippen LogP contribution < -0.4 is 0 Å². The van der Waals surface area contributed by atoms with Gasteiger partial charge in [-0.1, -0.05) is 0 Å². The number of rotatable bonds is 7. The van der Waals surface area contributed by atoms with Gasteiger partial charge in [0.05, 0.1) is 18.3 Å². The van der Waals surface area contributed by atoms with Gasteiger partial charge in [0.2, 0.25) is 0 Å². The van der Waals surface area contributed by atoms with Gasteiger partial charge in [0.15, 0.2) is 0 Å². The highest BCUT2D eigenvalue weighted by Gasteiger charge is 2.11. The summed E-state index contributed by atoms with van der Waals surface area (Å²) >= 11 is 0. The summed E-state index contributed by atoms with van der Waals surface area (Å²) in [6.45, 7) is 6.96. The van der Waals surface area contributed by atoms with Crippen molar-refractivity contribution in [3.8, 4) is 0 Å². The molecule has 0 radical (unpaired) electrons. The van der Waals surface area contributed by atoms with E-state index in [2.05, 4.69) is 0 Å². The lowest BCUT2D eigenvalue weighted by Gasteiger charge is -2.25. The molecule has 3 unspecified atom stereocenters. The summed E-state index contributed by atoms with van der Waals surface area (Å²) in [7, 11) is 0. The maximum absolute atomic E-state index is 9.22. The van der Waals surface area contributed by atoms with E-state index in [1.165, 1.54) is 0 Å². The smallest absolute Gasteiger partial charge is 0.0639 e. The first kappa shape index (κ1) is 13.8. The van der Waals surface area contributed by atoms with Crippen LogP contribution in [-0.2, 0) is 0 Å². The molecule has 0 aromatic heterocycles. The predicted molar refractivity (Wildman–Crippen MR) is 56.1 cm³/mol. The first-order valence-corrected chi connectivity index (χ1v) is 5.18. The zero-order valence-electron chi connectivity index (χ0n) is 9.35. The Bertz CT molecular complexity index is 127. The van der Waals surface area contributed by atoms with Gasteiger partial charge in [-0.2, -0.15) is 0 Å². The molecule has 0 heterocycles. The average Bonchev–Trinajstić information content (AvgIpc) is 1.97. The second-order valence-corrected chi connectivity index (χ2v) is 4.10. The van der Waals surface area contributed by atoms with Crippen LogP contribution in [0.5, 0.6) is 0 Å². The molecule has 0 aromatic carbocycles. The van der Waals surface area contributed by atoms with Crippen molar-refractivity contribution in [2.24, 2.45) is 0 Å². The molecule has 0 aromatic rings. The topological polar surface area (TPSA) is 63.9 Å². The number of nitrogens with zero attached hydrogens (tertiary/aromatic N) is 1. The van der Waals surface area contributed by atoms with Crippen molar-refractivity contribution in [2.75, 3.05) is 19.6 Å². The van der Waals surface area contributed by atoms with Gasteiger partial charge in [-0.3, -0.25) is 4.90 Å². The first-order valence-electron chi connectivity index (χ1n) is 5.18. The zero-order valence-corrected chi connectivity index (χ0v) is 9.35. The van der Waals surface area contributed by atoms with Crippen molar-refractivity contribution in [3.63, 3.8) is 0 Å². The van der Waals surface area contributed by atoms with Gasteiger partial charge in [0.1, 0.15) is 0 Å². The molecule has 86 valence electrons. The van der Waals surface area contributed by atoms with Crippen LogP contribution in [-0.4, -0.2) is 58.2 Å². The van der Waals surface area contributed by atoms with Crippen LogP contribution >= 0.6 is 0 Å². The third-order valence-corrected chi connectivity index (χ3v) is 1.91. The Morgan fingerprint density at radius 2 is 1.29 bits per heavy atom. The van der Waals surface area contributed by atoms with Gasteiger partial charge in [-0.15, -0.1) is 0 Å². The molecule has 0 saturated carbocycles. The van der Waals surface area contributed by atoms with Crippen LogP contribution in [0.25, 0.3) is 0 Å². The lowest BCUT2D eigenvalue weighted by atomic mass is 10.2. The Hall–Kier alpha value is -0.160. The Morgan fingerprint density at radius 3 is 1.57 bits per heavy atom. The molecule has 4 nitrogen and oxygen atoms in total. The standard InChI is InChI=1S/C10H23NO3/c1-8(12)4-5-11(6-9(2)13)7-10(3)14/h8-10,12-14H,4-7H2,1-3H3. The van der Waals surface area contributed by atoms with E-state index in [0.717, 1.165) is 0 Å². The lowest BCUT2D eigenvalue weighted by molar-refractivity contribution is 0.0718. The monoisotopic (exact) mass is 205 g/mol. The second kappa shape index (κ2) is 7.17. The molecule has 0 amide bonds. The summed E-state index contributed by atoms with van der Waals surface area (Å²) in [5.41, 5.74) is 0. The van der Waals surface area contributed by atoms with Crippen LogP contribution in [0.3, 0.4) is 0 Å². The maximum Gasteiger partial charge on any atom is 0.0639 e. The van der Waals surface area contributed by atoms with Gasteiger partial charge < -0.3 is 15.3 Å². The summed E-state index contributed by atoms with van der Waals surface area (Å²) < 4.78 is 0. The third kappa shape index (κ3) is 8.44. The average molecular weight is 205 g/mol. The quantitative estimate of drug-likeness (QED) is 0.539. The third-order valence-electron chi connectivity index (χ3n) is 1.91. The van der Waals surface area contributed by atoms with Crippen LogP contribution in [0.4, 0.5) is 0 Å². The summed E-state index contributed by atoms with van der Waals surface area (Å²) in [5, 5.41) is 27.5. The Labute approximate surface area is 86.2 Å². The number of hydrogen-bond donors (Lipinski definition) is 3. The minimum absolute atomic E-state index is 0.333. The highest BCUT2D eigenvalue weighted by molar-refractivity contribution is 4.65. The highest BCUT2D eigenvalue weighted by Crippen LogP contribution is 1.99. The zero-order chi connectivity index (χ0) is 11.1. The largest absolute Gasteiger partial charge is 0.393 e. The summed E-state index contributed by atoms with van der Waals surface area (Å²) in [6.07, 6.45) is -0.467. The Balaban J connectivity index is 3.84. The van der Waals surface area contributed by atoms with Gasteiger partial charge >= 0.3 is 0 Å². The summed E-state index contributed by atoms with van der Waals surface area (Å²) in [4.78, 5) is 1.96. The van der Waals surface area contributed by atoms with Crippen LogP contribution in [0.15, 0.2) is 0 Å². The fourth-order valence-corrected chi connectivity index (χ4v) is 1.37. The number of hydrogen-bond acceptors (Lipinski definition) is 4. The van der Waals surface area contributed by atoms with Crippen molar-refractivity contribution >= 4 is 0 Å². The van der Waals surface area contributed by atoms with Crippen molar-refractivity contribution in [1.29, 1.82) is 0 Å². The normalized spacial score (nSPS) is 18.2. The molecule has 3 atom stereocenters. The van der Waals surface area contributed by atoms with Gasteiger partial charge in [0, 0.05) is 19.6 Å². The molecule has 0 rings (SSSR count). The van der Waals surface area contributed by atoms with E-state index >= 15 is 0 Å². The van der Waals surface area contributed by atoms with E-state index in [1.54, 1.807) is 20.8 Å². The molecule has 14 heavy (non-hydrogen) atoms. The maximum atomic E-state index is 9.22. The van der Waals surface area contributed by atoms with E-state index in [0.29, 0.717) is 26.1 Å². The molecule has 0 bridgehead atoms. The van der Waals surface area contributed by atoms with E-state index in [9.17, 15) is 10.2 Å². The molecule has 3 N–H and O–H groups in total. The molecule has 0 spiro atoms. The van der Waals surface area contributed by atoms with Crippen molar-refractivity contribution < 1.29 is 15.3 Å². The van der Waals surface area contributed by atoms with E-state index in [4.69, 9.17) is 5.11 Å². The molecule has 4 heteroatoms. The summed E-state index contributed by atoms with van der Waals surface area (Å²) in [5.74, 6) is 0. The van der Waals surface area contributed by atoms with Crippen molar-refractivity contribution in [2.45, 2.75) is 45.5 Å². The molecule has 0 saturated heterocycles. The van der Waals surface area contributed by atoms with Gasteiger partial charge in [-0.05, 0) is 27.2 Å². The van der Waals surface area contributed by atoms with Crippen LogP contribution in [0, 0.1) is 0 Å². The van der Waals surface area contributed by atoms with Crippen LogP contribution in [0.1, 0.15) is 27.2 Å². The Morgan fingerprint density at radius 1 is 0.857 bits per heavy atom. The first-order chi connectivity index (χ1) is 6.41. The number of aliphatic hydroxyl groups excluding tert-OH is 3. The minimum atomic E-state index is -0.400. The van der Waals surface area contributed by atoms with Crippen LogP contribution in [0.2, 0.25) is 0 Å². The summed E-state index contributed by atoms with van der Waals surface area (Å²) in [6, 6.07) is 0.